The fourth-order valence-electron chi connectivity index (χ4n) is 3.52. The highest BCUT2D eigenvalue weighted by Gasteiger charge is 2.26. The fraction of sp³-hybridized carbons (Fsp3) is 0.300. The van der Waals surface area contributed by atoms with Gasteiger partial charge in [0.2, 0.25) is 5.91 Å². The third-order valence-electron chi connectivity index (χ3n) is 5.03. The van der Waals surface area contributed by atoms with Crippen LogP contribution in [0.4, 0.5) is 15.9 Å². The number of rotatable bonds is 5. The summed E-state index contributed by atoms with van der Waals surface area (Å²) in [7, 11) is 0. The number of primary amides is 1. The molecule has 30 heavy (non-hydrogen) atoms. The van der Waals surface area contributed by atoms with Gasteiger partial charge in [0.05, 0.1) is 22.5 Å². The highest BCUT2D eigenvalue weighted by molar-refractivity contribution is 7.20. The normalized spacial score (nSPS) is 16.1. The maximum atomic E-state index is 13.9. The number of hydrogen-bond acceptors (Lipinski definition) is 7. The van der Waals surface area contributed by atoms with Gasteiger partial charge in [-0.2, -0.15) is 0 Å². The van der Waals surface area contributed by atoms with Gasteiger partial charge in [-0.1, -0.05) is 0 Å². The average molecular weight is 429 g/mol. The van der Waals surface area contributed by atoms with Crippen LogP contribution in [0.15, 0.2) is 24.5 Å². The molecule has 0 spiro atoms. The van der Waals surface area contributed by atoms with Crippen LogP contribution in [0.2, 0.25) is 0 Å². The Morgan fingerprint density at radius 3 is 2.87 bits per heavy atom. The number of nitrogens with one attached hydrogen (secondary N) is 1. The van der Waals surface area contributed by atoms with Crippen molar-refractivity contribution in [1.29, 1.82) is 0 Å². The summed E-state index contributed by atoms with van der Waals surface area (Å²) in [5.74, 6) is -0.189. The number of aryl methyl sites for hydroxylation is 1. The number of thiophene rings is 1. The molecule has 1 aromatic carbocycles. The van der Waals surface area contributed by atoms with Gasteiger partial charge < -0.3 is 20.7 Å². The molecule has 8 nitrogen and oxygen atoms in total. The first-order valence-corrected chi connectivity index (χ1v) is 10.2. The maximum absolute atomic E-state index is 13.9. The van der Waals surface area contributed by atoms with Crippen molar-refractivity contribution in [1.82, 2.24) is 14.9 Å². The molecule has 1 fully saturated rings. The van der Waals surface area contributed by atoms with E-state index in [4.69, 9.17) is 10.5 Å². The maximum Gasteiger partial charge on any atom is 0.259 e. The summed E-state index contributed by atoms with van der Waals surface area (Å²) in [5.41, 5.74) is 6.66. The largest absolute Gasteiger partial charge is 0.486 e. The Hall–Kier alpha value is -3.27. The topological polar surface area (TPSA) is 110 Å². The number of anilines is 2. The molecule has 0 bridgehead atoms. The minimum Gasteiger partial charge on any atom is -0.486 e. The number of nitrogens with zero attached hydrogens (tertiary/aromatic N) is 3. The van der Waals surface area contributed by atoms with Crippen LogP contribution in [-0.4, -0.2) is 45.9 Å². The highest BCUT2D eigenvalue weighted by atomic mass is 32.1. The molecule has 156 valence electrons. The van der Waals surface area contributed by atoms with Crippen LogP contribution in [0.25, 0.3) is 10.2 Å². The lowest BCUT2D eigenvalue weighted by molar-refractivity contribution is -0.128. The molecule has 1 atom stereocenters. The van der Waals surface area contributed by atoms with Gasteiger partial charge >= 0.3 is 0 Å². The van der Waals surface area contributed by atoms with Crippen LogP contribution < -0.4 is 15.8 Å². The highest BCUT2D eigenvalue weighted by Crippen LogP contribution is 2.36. The Morgan fingerprint density at radius 2 is 2.17 bits per heavy atom. The first kappa shape index (κ1) is 20.0. The Labute approximate surface area is 175 Å². The molecule has 0 aliphatic carbocycles. The molecule has 10 heteroatoms. The quantitative estimate of drug-likeness (QED) is 0.645. The van der Waals surface area contributed by atoms with Gasteiger partial charge in [0.1, 0.15) is 34.6 Å². The SMILES string of the molecule is CC(=O)N1CC[C@H](Oc2cc(F)ccc2Nc2ncnc3sc(C(N)=O)c(C)c23)C1. The minimum atomic E-state index is -0.525. The third kappa shape index (κ3) is 3.78. The number of aromatic nitrogens is 2. The summed E-state index contributed by atoms with van der Waals surface area (Å²) in [5, 5.41) is 3.85. The first-order chi connectivity index (χ1) is 14.3. The van der Waals surface area contributed by atoms with Gasteiger partial charge in [-0.15, -0.1) is 11.3 Å². The molecule has 1 saturated heterocycles. The molecule has 3 N–H and O–H groups in total. The number of nitrogens with two attached hydrogens (primary N) is 1. The van der Waals surface area contributed by atoms with Crippen LogP contribution in [0.3, 0.4) is 0 Å². The van der Waals surface area contributed by atoms with Crippen molar-refractivity contribution in [3.8, 4) is 5.75 Å². The summed E-state index contributed by atoms with van der Waals surface area (Å²) in [6, 6.07) is 4.18. The zero-order chi connectivity index (χ0) is 21.4. The Balaban J connectivity index is 1.66. The van der Waals surface area contributed by atoms with E-state index in [0.29, 0.717) is 57.4 Å². The second kappa shape index (κ2) is 7.86. The molecule has 0 unspecified atom stereocenters. The van der Waals surface area contributed by atoms with Crippen LogP contribution in [0.1, 0.15) is 28.6 Å². The van der Waals surface area contributed by atoms with Crippen molar-refractivity contribution in [3.63, 3.8) is 0 Å². The van der Waals surface area contributed by atoms with Gasteiger partial charge in [-0.3, -0.25) is 9.59 Å². The first-order valence-electron chi connectivity index (χ1n) is 9.36. The summed E-state index contributed by atoms with van der Waals surface area (Å²) in [6.45, 7) is 4.36. The predicted octanol–water partition coefficient (Wildman–Crippen LogP) is 2.98. The second-order valence-corrected chi connectivity index (χ2v) is 8.08. The van der Waals surface area contributed by atoms with E-state index in [-0.39, 0.29) is 12.0 Å². The van der Waals surface area contributed by atoms with E-state index in [9.17, 15) is 14.0 Å². The molecule has 4 rings (SSSR count). The van der Waals surface area contributed by atoms with E-state index in [1.54, 1.807) is 17.9 Å². The molecule has 2 aromatic heterocycles. The Bertz CT molecular complexity index is 1150. The number of ether oxygens (including phenoxy) is 1. The Morgan fingerprint density at radius 1 is 1.37 bits per heavy atom. The molecule has 1 aliphatic rings. The molecule has 1 aliphatic heterocycles. The van der Waals surface area contributed by atoms with Gasteiger partial charge in [-0.25, -0.2) is 14.4 Å². The van der Waals surface area contributed by atoms with E-state index < -0.39 is 11.7 Å². The summed E-state index contributed by atoms with van der Waals surface area (Å²) in [6.07, 6.45) is 1.82. The zero-order valence-electron chi connectivity index (χ0n) is 16.4. The van der Waals surface area contributed by atoms with Crippen molar-refractivity contribution in [2.24, 2.45) is 5.73 Å². The number of carbonyl (C=O) groups excluding carboxylic acids is 2. The second-order valence-electron chi connectivity index (χ2n) is 7.08. The fourth-order valence-corrected chi connectivity index (χ4v) is 4.52. The number of fused-ring (bicyclic) bond motifs is 1. The predicted molar refractivity (Wildman–Crippen MR) is 112 cm³/mol. The van der Waals surface area contributed by atoms with E-state index in [0.717, 1.165) is 0 Å². The van der Waals surface area contributed by atoms with Crippen LogP contribution in [-0.2, 0) is 4.79 Å². The molecule has 0 radical (unpaired) electrons. The number of benzene rings is 1. The van der Waals surface area contributed by atoms with Gasteiger partial charge in [0.25, 0.3) is 5.91 Å². The smallest absolute Gasteiger partial charge is 0.259 e. The van der Waals surface area contributed by atoms with E-state index in [2.05, 4.69) is 15.3 Å². The molecule has 2 amide bonds. The number of carbonyl (C=O) groups is 2. The zero-order valence-corrected chi connectivity index (χ0v) is 17.3. The summed E-state index contributed by atoms with van der Waals surface area (Å²) in [4.78, 5) is 34.5. The van der Waals surface area contributed by atoms with E-state index >= 15 is 0 Å². The molecule has 3 aromatic rings. The lowest BCUT2D eigenvalue weighted by atomic mass is 10.2. The standard InChI is InChI=1S/C20H20FN5O3S/c1-10-16-19(23-9-24-20(16)30-17(10)18(22)28)25-14-4-3-12(21)7-15(14)29-13-5-6-26(8-13)11(2)27/h3-4,7,9,13H,5-6,8H2,1-2H3,(H2,22,28)(H,23,24,25)/t13-/m0/s1. The average Bonchev–Trinajstić information content (AvgIpc) is 3.29. The number of likely N-dealkylation sites (tertiary alicyclic amines) is 1. The minimum absolute atomic E-state index is 0.0137. The number of hydrogen-bond donors (Lipinski definition) is 2. The van der Waals surface area contributed by atoms with Crippen LogP contribution in [0.5, 0.6) is 5.75 Å². The number of amides is 2. The molecular weight excluding hydrogens is 409 g/mol. The van der Waals surface area contributed by atoms with Gasteiger partial charge in [0.15, 0.2) is 0 Å². The lowest BCUT2D eigenvalue weighted by Crippen LogP contribution is -2.28. The van der Waals surface area contributed by atoms with Crippen LogP contribution >= 0.6 is 11.3 Å². The van der Waals surface area contributed by atoms with E-state index in [1.807, 2.05) is 0 Å². The van der Waals surface area contributed by atoms with Crippen molar-refractivity contribution in [3.05, 3.63) is 40.8 Å². The van der Waals surface area contributed by atoms with Crippen LogP contribution in [0, 0.1) is 12.7 Å². The van der Waals surface area contributed by atoms with Crippen molar-refractivity contribution in [2.45, 2.75) is 26.4 Å². The summed E-state index contributed by atoms with van der Waals surface area (Å²) >= 11 is 1.20. The molecule has 3 heterocycles. The van der Waals surface area contributed by atoms with Gasteiger partial charge in [0, 0.05) is 26.0 Å². The molecular formula is C20H20FN5O3S. The lowest BCUT2D eigenvalue weighted by Gasteiger charge is -2.18. The van der Waals surface area contributed by atoms with Gasteiger partial charge in [-0.05, 0) is 24.6 Å². The number of halogens is 1. The third-order valence-corrected chi connectivity index (χ3v) is 6.25. The van der Waals surface area contributed by atoms with Crippen molar-refractivity contribution in [2.75, 3.05) is 18.4 Å². The van der Waals surface area contributed by atoms with Crippen molar-refractivity contribution < 1.29 is 18.7 Å². The Kier molecular flexibility index (Phi) is 5.25. The molecule has 0 saturated carbocycles. The monoisotopic (exact) mass is 429 g/mol. The van der Waals surface area contributed by atoms with E-state index in [1.165, 1.54) is 36.7 Å². The summed E-state index contributed by atoms with van der Waals surface area (Å²) < 4.78 is 19.9. The van der Waals surface area contributed by atoms with Crippen molar-refractivity contribution >= 4 is 44.9 Å².